The first-order valence-electron chi connectivity index (χ1n) is 6.12. The summed E-state index contributed by atoms with van der Waals surface area (Å²) in [5.41, 5.74) is 0.963. The molecule has 1 aromatic heterocycles. The van der Waals surface area contributed by atoms with E-state index in [1.54, 1.807) is 0 Å². The van der Waals surface area contributed by atoms with Gasteiger partial charge in [0.05, 0.1) is 0 Å². The molecule has 1 fully saturated rings. The van der Waals surface area contributed by atoms with Gasteiger partial charge in [0, 0.05) is 38.5 Å². The number of hydrogen-bond acceptors (Lipinski definition) is 5. The Bertz CT molecular complexity index is 383. The number of aliphatic hydroxyl groups excluding tert-OH is 1. The monoisotopic (exact) mass is 236 g/mol. The molecule has 5 heteroatoms. The van der Waals surface area contributed by atoms with Crippen molar-refractivity contribution in [2.75, 3.05) is 37.0 Å². The van der Waals surface area contributed by atoms with E-state index in [4.69, 9.17) is 0 Å². The Kier molecular flexibility index (Phi) is 3.78. The van der Waals surface area contributed by atoms with Gasteiger partial charge in [-0.05, 0) is 25.7 Å². The van der Waals surface area contributed by atoms with Gasteiger partial charge in [0.1, 0.15) is 5.82 Å². The summed E-state index contributed by atoms with van der Waals surface area (Å²) < 4.78 is 0. The highest BCUT2D eigenvalue weighted by Crippen LogP contribution is 2.22. The Balaban J connectivity index is 2.18. The molecule has 1 saturated heterocycles. The normalized spacial score (nSPS) is 20.4. The van der Waals surface area contributed by atoms with E-state index in [-0.39, 0.29) is 6.61 Å². The van der Waals surface area contributed by atoms with Crippen molar-refractivity contribution in [1.82, 2.24) is 9.97 Å². The third-order valence-electron chi connectivity index (χ3n) is 3.17. The van der Waals surface area contributed by atoms with Gasteiger partial charge in [0.15, 0.2) is 0 Å². The second kappa shape index (κ2) is 5.31. The number of aromatic nitrogens is 2. The number of aryl methyl sites for hydroxylation is 1. The molecule has 2 heterocycles. The third-order valence-corrected chi connectivity index (χ3v) is 3.17. The lowest BCUT2D eigenvalue weighted by molar-refractivity contribution is 0.208. The van der Waals surface area contributed by atoms with Crippen LogP contribution in [0.1, 0.15) is 18.5 Å². The molecule has 94 valence electrons. The summed E-state index contributed by atoms with van der Waals surface area (Å²) in [6, 6.07) is 2.00. The Morgan fingerprint density at radius 3 is 3.06 bits per heavy atom. The molecule has 0 bridgehead atoms. The predicted molar refractivity (Wildman–Crippen MR) is 68.3 cm³/mol. The summed E-state index contributed by atoms with van der Waals surface area (Å²) in [5, 5.41) is 12.2. The number of nitrogens with zero attached hydrogens (tertiary/aromatic N) is 3. The van der Waals surface area contributed by atoms with Crippen molar-refractivity contribution >= 4 is 11.8 Å². The molecule has 1 aliphatic rings. The molecule has 0 radical (unpaired) electrons. The number of anilines is 2. The Labute approximate surface area is 102 Å². The van der Waals surface area contributed by atoms with E-state index in [2.05, 4.69) is 20.2 Å². The molecule has 17 heavy (non-hydrogen) atoms. The fourth-order valence-corrected chi connectivity index (χ4v) is 2.25. The quantitative estimate of drug-likeness (QED) is 0.821. The second-order valence-corrected chi connectivity index (χ2v) is 4.58. The highest BCUT2D eigenvalue weighted by Gasteiger charge is 2.20. The standard InChI is InChI=1S/C12H20N4O/c1-9-6-11(15-12(13-2)14-9)16-5-3-4-10(7-16)8-17/h6,10,17H,3-5,7-8H2,1-2H3,(H,13,14,15). The fraction of sp³-hybridized carbons (Fsp3) is 0.667. The van der Waals surface area contributed by atoms with Gasteiger partial charge in [-0.2, -0.15) is 4.98 Å². The SMILES string of the molecule is CNc1nc(C)cc(N2CCCC(CO)C2)n1. The van der Waals surface area contributed by atoms with E-state index >= 15 is 0 Å². The van der Waals surface area contributed by atoms with Gasteiger partial charge in [-0.15, -0.1) is 0 Å². The highest BCUT2D eigenvalue weighted by molar-refractivity contribution is 5.44. The van der Waals surface area contributed by atoms with Gasteiger partial charge >= 0.3 is 0 Å². The van der Waals surface area contributed by atoms with Crippen molar-refractivity contribution in [2.45, 2.75) is 19.8 Å². The molecular formula is C12H20N4O. The zero-order valence-electron chi connectivity index (χ0n) is 10.5. The summed E-state index contributed by atoms with van der Waals surface area (Å²) in [6.45, 7) is 4.13. The lowest BCUT2D eigenvalue weighted by Crippen LogP contribution is -2.37. The first-order valence-corrected chi connectivity index (χ1v) is 6.12. The van der Waals surface area contributed by atoms with Gasteiger partial charge in [-0.25, -0.2) is 4.98 Å². The van der Waals surface area contributed by atoms with Crippen LogP contribution in [-0.4, -0.2) is 41.8 Å². The summed E-state index contributed by atoms with van der Waals surface area (Å²) in [7, 11) is 1.82. The molecule has 2 N–H and O–H groups in total. The number of hydrogen-bond donors (Lipinski definition) is 2. The maximum atomic E-state index is 9.24. The molecule has 5 nitrogen and oxygen atoms in total. The summed E-state index contributed by atoms with van der Waals surface area (Å²) in [4.78, 5) is 11.0. The molecule has 1 unspecified atom stereocenters. The van der Waals surface area contributed by atoms with E-state index in [0.29, 0.717) is 11.9 Å². The average molecular weight is 236 g/mol. The molecule has 0 spiro atoms. The summed E-state index contributed by atoms with van der Waals surface area (Å²) in [6.07, 6.45) is 2.22. The van der Waals surface area contributed by atoms with Gasteiger partial charge in [-0.1, -0.05) is 0 Å². The summed E-state index contributed by atoms with van der Waals surface area (Å²) >= 11 is 0. The van der Waals surface area contributed by atoms with Gasteiger partial charge in [-0.3, -0.25) is 0 Å². The van der Waals surface area contributed by atoms with E-state index in [1.165, 1.54) is 0 Å². The number of aliphatic hydroxyl groups is 1. The van der Waals surface area contributed by atoms with Crippen LogP contribution in [0.5, 0.6) is 0 Å². The Hall–Kier alpha value is -1.36. The molecule has 1 aliphatic heterocycles. The maximum absolute atomic E-state index is 9.24. The zero-order chi connectivity index (χ0) is 12.3. The number of nitrogens with one attached hydrogen (secondary N) is 1. The van der Waals surface area contributed by atoms with Gasteiger partial charge in [0.2, 0.25) is 5.95 Å². The Morgan fingerprint density at radius 2 is 2.35 bits per heavy atom. The van der Waals surface area contributed by atoms with E-state index in [9.17, 15) is 5.11 Å². The van der Waals surface area contributed by atoms with Crippen molar-refractivity contribution in [1.29, 1.82) is 0 Å². The van der Waals surface area contributed by atoms with Gasteiger partial charge in [0.25, 0.3) is 0 Å². The first kappa shape index (κ1) is 12.1. The molecule has 0 amide bonds. The van der Waals surface area contributed by atoms with Crippen LogP contribution >= 0.6 is 0 Å². The van der Waals surface area contributed by atoms with Crippen LogP contribution in [0.15, 0.2) is 6.07 Å². The number of rotatable bonds is 3. The molecule has 0 aliphatic carbocycles. The lowest BCUT2D eigenvalue weighted by atomic mass is 9.99. The molecule has 2 rings (SSSR count). The zero-order valence-corrected chi connectivity index (χ0v) is 10.5. The van der Waals surface area contributed by atoms with Crippen LogP contribution < -0.4 is 10.2 Å². The smallest absolute Gasteiger partial charge is 0.224 e. The molecule has 1 atom stereocenters. The summed E-state index contributed by atoms with van der Waals surface area (Å²) in [5.74, 6) is 1.99. The minimum Gasteiger partial charge on any atom is -0.396 e. The molecule has 0 aromatic carbocycles. The Morgan fingerprint density at radius 1 is 1.53 bits per heavy atom. The van der Waals surface area contributed by atoms with Crippen LogP contribution in [0.4, 0.5) is 11.8 Å². The van der Waals surface area contributed by atoms with Crippen LogP contribution in [-0.2, 0) is 0 Å². The predicted octanol–water partition coefficient (Wildman–Crippen LogP) is 1.04. The molecule has 1 aromatic rings. The van der Waals surface area contributed by atoms with E-state index in [1.807, 2.05) is 20.0 Å². The molecule has 0 saturated carbocycles. The topological polar surface area (TPSA) is 61.3 Å². The minimum absolute atomic E-state index is 0.263. The fourth-order valence-electron chi connectivity index (χ4n) is 2.25. The average Bonchev–Trinajstić information content (AvgIpc) is 2.38. The molecular weight excluding hydrogens is 216 g/mol. The highest BCUT2D eigenvalue weighted by atomic mass is 16.3. The lowest BCUT2D eigenvalue weighted by Gasteiger charge is -2.32. The van der Waals surface area contributed by atoms with Crippen LogP contribution in [0.25, 0.3) is 0 Å². The van der Waals surface area contributed by atoms with Crippen molar-refractivity contribution in [2.24, 2.45) is 5.92 Å². The van der Waals surface area contributed by atoms with Crippen LogP contribution in [0.3, 0.4) is 0 Å². The maximum Gasteiger partial charge on any atom is 0.224 e. The van der Waals surface area contributed by atoms with E-state index < -0.39 is 0 Å². The van der Waals surface area contributed by atoms with Crippen LogP contribution in [0.2, 0.25) is 0 Å². The van der Waals surface area contributed by atoms with Crippen molar-refractivity contribution in [3.05, 3.63) is 11.8 Å². The van der Waals surface area contributed by atoms with Crippen molar-refractivity contribution < 1.29 is 5.11 Å². The third kappa shape index (κ3) is 2.85. The van der Waals surface area contributed by atoms with Crippen LogP contribution in [0, 0.1) is 12.8 Å². The number of piperidine rings is 1. The minimum atomic E-state index is 0.263. The van der Waals surface area contributed by atoms with Crippen molar-refractivity contribution in [3.8, 4) is 0 Å². The first-order chi connectivity index (χ1) is 8.22. The van der Waals surface area contributed by atoms with Gasteiger partial charge < -0.3 is 15.3 Å². The largest absolute Gasteiger partial charge is 0.396 e. The second-order valence-electron chi connectivity index (χ2n) is 4.58. The van der Waals surface area contributed by atoms with Crippen molar-refractivity contribution in [3.63, 3.8) is 0 Å². The van der Waals surface area contributed by atoms with E-state index in [0.717, 1.165) is 37.4 Å².